The maximum atomic E-state index is 9.50. The Morgan fingerprint density at radius 3 is 2.56 bits per heavy atom. The van der Waals surface area contributed by atoms with Gasteiger partial charge in [0.25, 0.3) is 0 Å². The molecule has 0 heterocycles. The highest BCUT2D eigenvalue weighted by atomic mass is 16.5. The van der Waals surface area contributed by atoms with E-state index in [1.54, 1.807) is 6.82 Å². The molecule has 0 saturated carbocycles. The molecule has 0 spiro atoms. The minimum Gasteiger partial charge on any atom is -0.493 e. The molecule has 3 heteroatoms. The number of hydrogen-bond donors (Lipinski definition) is 1. The van der Waals surface area contributed by atoms with Crippen LogP contribution in [0.4, 0.5) is 0 Å². The molecule has 0 amide bonds. The van der Waals surface area contributed by atoms with Crippen LogP contribution >= 0.6 is 0 Å². The van der Waals surface area contributed by atoms with Crippen LogP contribution in [0.5, 0.6) is 5.75 Å². The lowest BCUT2D eigenvalue weighted by Gasteiger charge is -2.08. The SMILES string of the molecule is CB(O)c1cccc(OCCc2ccccc2)c1. The molecular weight excluding hydrogens is 223 g/mol. The van der Waals surface area contributed by atoms with E-state index in [1.165, 1.54) is 5.56 Å². The van der Waals surface area contributed by atoms with Crippen molar-refractivity contribution in [2.45, 2.75) is 13.2 Å². The topological polar surface area (TPSA) is 29.5 Å². The van der Waals surface area contributed by atoms with Crippen LogP contribution in [0.2, 0.25) is 6.82 Å². The zero-order valence-electron chi connectivity index (χ0n) is 10.5. The molecule has 0 radical (unpaired) electrons. The summed E-state index contributed by atoms with van der Waals surface area (Å²) in [5.74, 6) is 0.810. The lowest BCUT2D eigenvalue weighted by Crippen LogP contribution is -2.25. The normalized spacial score (nSPS) is 10.1. The van der Waals surface area contributed by atoms with Gasteiger partial charge in [-0.25, -0.2) is 0 Å². The van der Waals surface area contributed by atoms with Crippen LogP contribution in [0.3, 0.4) is 0 Å². The standard InChI is InChI=1S/C15H17BO2/c1-16(17)14-8-5-9-15(12-14)18-11-10-13-6-3-2-4-7-13/h2-9,12,17H,10-11H2,1H3. The Balaban J connectivity index is 1.89. The molecule has 0 aromatic heterocycles. The van der Waals surface area contributed by atoms with E-state index in [0.717, 1.165) is 17.6 Å². The Bertz CT molecular complexity index is 483. The third kappa shape index (κ3) is 3.64. The van der Waals surface area contributed by atoms with Crippen molar-refractivity contribution in [3.63, 3.8) is 0 Å². The first-order valence-corrected chi connectivity index (χ1v) is 6.20. The van der Waals surface area contributed by atoms with Crippen LogP contribution in [-0.2, 0) is 6.42 Å². The van der Waals surface area contributed by atoms with Gasteiger partial charge >= 0.3 is 6.92 Å². The van der Waals surface area contributed by atoms with Crippen LogP contribution < -0.4 is 10.2 Å². The van der Waals surface area contributed by atoms with Gasteiger partial charge in [-0.3, -0.25) is 0 Å². The molecule has 2 rings (SSSR count). The summed E-state index contributed by atoms with van der Waals surface area (Å²) in [7, 11) is 0. The van der Waals surface area contributed by atoms with Gasteiger partial charge in [0.1, 0.15) is 5.75 Å². The molecule has 1 N–H and O–H groups in total. The van der Waals surface area contributed by atoms with E-state index < -0.39 is 6.92 Å². The summed E-state index contributed by atoms with van der Waals surface area (Å²) in [4.78, 5) is 0. The predicted molar refractivity (Wildman–Crippen MR) is 75.6 cm³/mol. The summed E-state index contributed by atoms with van der Waals surface area (Å²) in [6, 6.07) is 17.9. The molecule has 18 heavy (non-hydrogen) atoms. The summed E-state index contributed by atoms with van der Waals surface area (Å²) < 4.78 is 5.69. The Kier molecular flexibility index (Phi) is 4.43. The molecule has 2 aromatic carbocycles. The summed E-state index contributed by atoms with van der Waals surface area (Å²) in [6.07, 6.45) is 0.889. The Morgan fingerprint density at radius 1 is 1.06 bits per heavy atom. The molecule has 0 aliphatic rings. The van der Waals surface area contributed by atoms with E-state index >= 15 is 0 Å². The van der Waals surface area contributed by atoms with Crippen LogP contribution in [-0.4, -0.2) is 18.5 Å². The Morgan fingerprint density at radius 2 is 1.83 bits per heavy atom. The van der Waals surface area contributed by atoms with Crippen molar-refractivity contribution in [2.75, 3.05) is 6.61 Å². The van der Waals surface area contributed by atoms with Crippen molar-refractivity contribution in [1.82, 2.24) is 0 Å². The maximum absolute atomic E-state index is 9.50. The molecule has 0 fully saturated rings. The lowest BCUT2D eigenvalue weighted by atomic mass is 9.64. The predicted octanol–water partition coefficient (Wildman–Crippen LogP) is 2.13. The highest BCUT2D eigenvalue weighted by molar-refractivity contribution is 6.64. The fraction of sp³-hybridized carbons (Fsp3) is 0.200. The highest BCUT2D eigenvalue weighted by Crippen LogP contribution is 2.09. The van der Waals surface area contributed by atoms with E-state index in [4.69, 9.17) is 4.74 Å². The Hall–Kier alpha value is -1.74. The second kappa shape index (κ2) is 6.27. The number of benzene rings is 2. The van der Waals surface area contributed by atoms with Gasteiger partial charge in [-0.1, -0.05) is 49.3 Å². The van der Waals surface area contributed by atoms with Gasteiger partial charge < -0.3 is 9.76 Å². The van der Waals surface area contributed by atoms with E-state index in [9.17, 15) is 5.02 Å². The van der Waals surface area contributed by atoms with Gasteiger partial charge in [-0.2, -0.15) is 0 Å². The van der Waals surface area contributed by atoms with Crippen molar-refractivity contribution in [3.05, 3.63) is 60.2 Å². The van der Waals surface area contributed by atoms with Crippen molar-refractivity contribution < 1.29 is 9.76 Å². The highest BCUT2D eigenvalue weighted by Gasteiger charge is 2.06. The third-order valence-electron chi connectivity index (χ3n) is 2.84. The van der Waals surface area contributed by atoms with Gasteiger partial charge in [0.2, 0.25) is 0 Å². The van der Waals surface area contributed by atoms with E-state index in [2.05, 4.69) is 12.1 Å². The minimum absolute atomic E-state index is 0.456. The summed E-state index contributed by atoms with van der Waals surface area (Å²) in [6.45, 7) is 1.94. The van der Waals surface area contributed by atoms with Crippen LogP contribution in [0.15, 0.2) is 54.6 Å². The average molecular weight is 240 g/mol. The van der Waals surface area contributed by atoms with Gasteiger partial charge in [0, 0.05) is 6.42 Å². The quantitative estimate of drug-likeness (QED) is 0.811. The monoisotopic (exact) mass is 240 g/mol. The first kappa shape index (κ1) is 12.7. The van der Waals surface area contributed by atoms with E-state index in [-0.39, 0.29) is 0 Å². The average Bonchev–Trinajstić information content (AvgIpc) is 2.40. The fourth-order valence-electron chi connectivity index (χ4n) is 1.80. The largest absolute Gasteiger partial charge is 0.493 e. The van der Waals surface area contributed by atoms with Crippen LogP contribution in [0.1, 0.15) is 5.56 Å². The van der Waals surface area contributed by atoms with E-state index in [1.807, 2.05) is 42.5 Å². The van der Waals surface area contributed by atoms with Gasteiger partial charge in [-0.05, 0) is 23.2 Å². The third-order valence-corrected chi connectivity index (χ3v) is 2.84. The molecule has 0 saturated heterocycles. The van der Waals surface area contributed by atoms with Gasteiger partial charge in [0.05, 0.1) is 6.61 Å². The minimum atomic E-state index is -0.456. The zero-order chi connectivity index (χ0) is 12.8. The van der Waals surface area contributed by atoms with Crippen molar-refractivity contribution in [3.8, 4) is 5.75 Å². The first-order chi connectivity index (χ1) is 8.75. The number of rotatable bonds is 5. The summed E-state index contributed by atoms with van der Waals surface area (Å²) in [5.41, 5.74) is 2.15. The zero-order valence-corrected chi connectivity index (χ0v) is 10.5. The second-order valence-electron chi connectivity index (χ2n) is 4.33. The fourth-order valence-corrected chi connectivity index (χ4v) is 1.80. The molecule has 0 atom stereocenters. The molecule has 92 valence electrons. The van der Waals surface area contributed by atoms with Crippen LogP contribution in [0, 0.1) is 0 Å². The molecule has 0 unspecified atom stereocenters. The summed E-state index contributed by atoms with van der Waals surface area (Å²) in [5, 5.41) is 9.50. The van der Waals surface area contributed by atoms with Crippen LogP contribution in [0.25, 0.3) is 0 Å². The van der Waals surface area contributed by atoms with Crippen molar-refractivity contribution >= 4 is 12.4 Å². The smallest absolute Gasteiger partial charge is 0.320 e. The Labute approximate surface area is 108 Å². The first-order valence-electron chi connectivity index (χ1n) is 6.20. The molecule has 0 aliphatic heterocycles. The van der Waals surface area contributed by atoms with E-state index in [0.29, 0.717) is 6.61 Å². The lowest BCUT2D eigenvalue weighted by molar-refractivity contribution is 0.322. The molecule has 2 nitrogen and oxygen atoms in total. The molecule has 0 aliphatic carbocycles. The summed E-state index contributed by atoms with van der Waals surface area (Å²) >= 11 is 0. The number of ether oxygens (including phenoxy) is 1. The van der Waals surface area contributed by atoms with Crippen molar-refractivity contribution in [2.24, 2.45) is 0 Å². The number of hydrogen-bond acceptors (Lipinski definition) is 2. The molecule has 2 aromatic rings. The van der Waals surface area contributed by atoms with Gasteiger partial charge in [0.15, 0.2) is 0 Å². The molecular formula is C15H17BO2. The second-order valence-corrected chi connectivity index (χ2v) is 4.33. The maximum Gasteiger partial charge on any atom is 0.320 e. The van der Waals surface area contributed by atoms with Crippen molar-refractivity contribution in [1.29, 1.82) is 0 Å². The molecule has 0 bridgehead atoms. The van der Waals surface area contributed by atoms with Gasteiger partial charge in [-0.15, -0.1) is 0 Å².